The summed E-state index contributed by atoms with van der Waals surface area (Å²) in [6.45, 7) is 3.76. The van der Waals surface area contributed by atoms with Crippen molar-refractivity contribution < 1.29 is 19.0 Å². The highest BCUT2D eigenvalue weighted by Crippen LogP contribution is 2.50. The van der Waals surface area contributed by atoms with Crippen LogP contribution in [0.1, 0.15) is 53.1 Å². The van der Waals surface area contributed by atoms with Gasteiger partial charge in [0.25, 0.3) is 5.91 Å². The van der Waals surface area contributed by atoms with Gasteiger partial charge in [-0.3, -0.25) is 9.69 Å². The van der Waals surface area contributed by atoms with Crippen LogP contribution >= 0.6 is 0 Å². The normalized spacial score (nSPS) is 16.9. The number of amides is 1. The molecule has 10 nitrogen and oxygen atoms in total. The van der Waals surface area contributed by atoms with E-state index in [2.05, 4.69) is 32.7 Å². The first-order valence-corrected chi connectivity index (χ1v) is 11.5. The fraction of sp³-hybridized carbons (Fsp3) is 0.417. The SMILES string of the molecule is CCCCNC(=O)c1ccc(-n2nnnc2[C@H]2c3c(cc4c(c3OC)OCO4)CCN2C)cc1. The topological polar surface area (TPSA) is 104 Å². The number of likely N-dealkylation sites (N-methyl/N-ethyl adjacent to an activating group) is 1. The fourth-order valence-electron chi connectivity index (χ4n) is 4.54. The molecule has 1 atom stereocenters. The quantitative estimate of drug-likeness (QED) is 0.532. The minimum absolute atomic E-state index is 0.0845. The van der Waals surface area contributed by atoms with Gasteiger partial charge >= 0.3 is 0 Å². The zero-order valence-corrected chi connectivity index (χ0v) is 19.6. The molecule has 178 valence electrons. The van der Waals surface area contributed by atoms with Crippen LogP contribution in [-0.2, 0) is 6.42 Å². The highest BCUT2D eigenvalue weighted by atomic mass is 16.7. The van der Waals surface area contributed by atoms with Crippen LogP contribution in [-0.4, -0.2) is 65.1 Å². The molecule has 0 unspecified atom stereocenters. The number of rotatable bonds is 7. The van der Waals surface area contributed by atoms with Crippen LogP contribution in [0.15, 0.2) is 30.3 Å². The smallest absolute Gasteiger partial charge is 0.251 e. The number of tetrazole rings is 1. The van der Waals surface area contributed by atoms with E-state index in [4.69, 9.17) is 14.2 Å². The van der Waals surface area contributed by atoms with Crippen molar-refractivity contribution in [2.75, 3.05) is 34.0 Å². The third-order valence-electron chi connectivity index (χ3n) is 6.32. The Kier molecular flexibility index (Phi) is 6.06. The summed E-state index contributed by atoms with van der Waals surface area (Å²) in [6, 6.07) is 9.07. The molecule has 0 spiro atoms. The molecule has 0 bridgehead atoms. The predicted octanol–water partition coefficient (Wildman–Crippen LogP) is 2.51. The van der Waals surface area contributed by atoms with Crippen molar-refractivity contribution in [2.45, 2.75) is 32.2 Å². The van der Waals surface area contributed by atoms with E-state index >= 15 is 0 Å². The molecule has 2 aliphatic rings. The minimum Gasteiger partial charge on any atom is -0.492 e. The van der Waals surface area contributed by atoms with E-state index in [9.17, 15) is 4.79 Å². The first kappa shape index (κ1) is 22.1. The summed E-state index contributed by atoms with van der Waals surface area (Å²) in [7, 11) is 3.68. The molecular formula is C24H28N6O4. The molecule has 3 heterocycles. The number of fused-ring (bicyclic) bond motifs is 2. The predicted molar refractivity (Wildman–Crippen MR) is 124 cm³/mol. The van der Waals surface area contributed by atoms with Crippen molar-refractivity contribution in [3.63, 3.8) is 0 Å². The van der Waals surface area contributed by atoms with Gasteiger partial charge in [0.2, 0.25) is 12.5 Å². The molecule has 1 N–H and O–H groups in total. The number of hydrogen-bond donors (Lipinski definition) is 1. The summed E-state index contributed by atoms with van der Waals surface area (Å²) < 4.78 is 18.8. The van der Waals surface area contributed by atoms with E-state index in [0.29, 0.717) is 35.2 Å². The number of nitrogens with zero attached hydrogens (tertiary/aromatic N) is 5. The lowest BCUT2D eigenvalue weighted by Crippen LogP contribution is -2.35. The maximum absolute atomic E-state index is 12.4. The van der Waals surface area contributed by atoms with Crippen molar-refractivity contribution in [1.29, 1.82) is 0 Å². The van der Waals surface area contributed by atoms with Crippen LogP contribution < -0.4 is 19.5 Å². The number of ether oxygens (including phenoxy) is 3. The van der Waals surface area contributed by atoms with E-state index < -0.39 is 0 Å². The van der Waals surface area contributed by atoms with Crippen molar-refractivity contribution in [3.05, 3.63) is 52.8 Å². The van der Waals surface area contributed by atoms with Gasteiger partial charge in [-0.1, -0.05) is 13.3 Å². The number of carbonyl (C=O) groups excluding carboxylic acids is 1. The number of nitrogens with one attached hydrogen (secondary N) is 1. The van der Waals surface area contributed by atoms with E-state index in [1.165, 1.54) is 0 Å². The Morgan fingerprint density at radius 2 is 2.09 bits per heavy atom. The molecule has 3 aromatic rings. The van der Waals surface area contributed by atoms with Gasteiger partial charge in [0, 0.05) is 24.2 Å². The number of hydrogen-bond acceptors (Lipinski definition) is 8. The van der Waals surface area contributed by atoms with Gasteiger partial charge in [-0.15, -0.1) is 5.10 Å². The maximum Gasteiger partial charge on any atom is 0.251 e. The summed E-state index contributed by atoms with van der Waals surface area (Å²) in [5, 5.41) is 15.6. The van der Waals surface area contributed by atoms with E-state index in [0.717, 1.165) is 42.6 Å². The van der Waals surface area contributed by atoms with Gasteiger partial charge in [0.05, 0.1) is 12.8 Å². The minimum atomic E-state index is -0.250. The zero-order chi connectivity index (χ0) is 23.7. The lowest BCUT2D eigenvalue weighted by atomic mass is 9.90. The van der Waals surface area contributed by atoms with E-state index in [1.54, 1.807) is 23.9 Å². The first-order valence-electron chi connectivity index (χ1n) is 11.5. The van der Waals surface area contributed by atoms with Crippen LogP contribution in [0.5, 0.6) is 17.2 Å². The maximum atomic E-state index is 12.4. The molecule has 0 aliphatic carbocycles. The van der Waals surface area contributed by atoms with Crippen LogP contribution in [0.2, 0.25) is 0 Å². The molecule has 34 heavy (non-hydrogen) atoms. The van der Waals surface area contributed by atoms with Crippen molar-refractivity contribution in [2.24, 2.45) is 0 Å². The molecule has 5 rings (SSSR count). The molecule has 0 radical (unpaired) electrons. The molecule has 0 saturated heterocycles. The summed E-state index contributed by atoms with van der Waals surface area (Å²) in [6.07, 6.45) is 2.84. The molecule has 2 aromatic carbocycles. The van der Waals surface area contributed by atoms with Crippen LogP contribution in [0.4, 0.5) is 0 Å². The lowest BCUT2D eigenvalue weighted by Gasteiger charge is -2.34. The average molecular weight is 465 g/mol. The summed E-state index contributed by atoms with van der Waals surface area (Å²) in [5.41, 5.74) is 3.47. The highest BCUT2D eigenvalue weighted by Gasteiger charge is 2.37. The van der Waals surface area contributed by atoms with Gasteiger partial charge in [-0.05, 0) is 66.2 Å². The van der Waals surface area contributed by atoms with Crippen LogP contribution in [0.25, 0.3) is 5.69 Å². The monoisotopic (exact) mass is 464 g/mol. The number of benzene rings is 2. The molecule has 0 fully saturated rings. The number of aromatic nitrogens is 4. The molecular weight excluding hydrogens is 436 g/mol. The van der Waals surface area contributed by atoms with Crippen LogP contribution in [0, 0.1) is 0 Å². The Labute approximate surface area is 197 Å². The summed E-state index contributed by atoms with van der Waals surface area (Å²) in [4.78, 5) is 14.6. The number of methoxy groups -OCH3 is 1. The van der Waals surface area contributed by atoms with E-state index in [-0.39, 0.29) is 18.7 Å². The second kappa shape index (κ2) is 9.30. The number of carbonyl (C=O) groups is 1. The van der Waals surface area contributed by atoms with Gasteiger partial charge < -0.3 is 19.5 Å². The summed E-state index contributed by atoms with van der Waals surface area (Å²) >= 11 is 0. The van der Waals surface area contributed by atoms with Gasteiger partial charge in [-0.2, -0.15) is 4.68 Å². The largest absolute Gasteiger partial charge is 0.492 e. The average Bonchev–Trinajstić information content (AvgIpc) is 3.52. The molecule has 0 saturated carbocycles. The summed E-state index contributed by atoms with van der Waals surface area (Å²) in [5.74, 6) is 2.53. The van der Waals surface area contributed by atoms with E-state index in [1.807, 2.05) is 25.2 Å². The Balaban J connectivity index is 1.50. The Hall–Kier alpha value is -3.66. The Bertz CT molecular complexity index is 1190. The molecule has 10 heteroatoms. The second-order valence-electron chi connectivity index (χ2n) is 8.45. The Morgan fingerprint density at radius 1 is 1.26 bits per heavy atom. The van der Waals surface area contributed by atoms with Crippen molar-refractivity contribution in [1.82, 2.24) is 30.4 Å². The fourth-order valence-corrected chi connectivity index (χ4v) is 4.54. The second-order valence-corrected chi connectivity index (χ2v) is 8.45. The molecule has 1 aromatic heterocycles. The third-order valence-corrected chi connectivity index (χ3v) is 6.32. The highest BCUT2D eigenvalue weighted by molar-refractivity contribution is 5.94. The van der Waals surface area contributed by atoms with Gasteiger partial charge in [0.15, 0.2) is 17.3 Å². The third kappa shape index (κ3) is 3.83. The zero-order valence-electron chi connectivity index (χ0n) is 19.6. The molecule has 2 aliphatic heterocycles. The van der Waals surface area contributed by atoms with Gasteiger partial charge in [0.1, 0.15) is 6.04 Å². The van der Waals surface area contributed by atoms with Crippen LogP contribution in [0.3, 0.4) is 0 Å². The van der Waals surface area contributed by atoms with Crippen molar-refractivity contribution >= 4 is 5.91 Å². The Morgan fingerprint density at radius 3 is 2.85 bits per heavy atom. The number of unbranched alkanes of at least 4 members (excludes halogenated alkanes) is 1. The first-order chi connectivity index (χ1) is 16.6. The van der Waals surface area contributed by atoms with Gasteiger partial charge in [-0.25, -0.2) is 0 Å². The standard InChI is InChI=1S/C24H28N6O4/c1-4-5-11-25-24(31)15-6-8-17(9-7-15)30-23(26-27-28-30)20-19-16(10-12-29(20)2)13-18-21(22(19)32-3)34-14-33-18/h6-9,13,20H,4-5,10-12,14H2,1-3H3,(H,25,31)/t20-/m1/s1. The van der Waals surface area contributed by atoms with Crippen molar-refractivity contribution in [3.8, 4) is 22.9 Å². The molecule has 1 amide bonds. The lowest BCUT2D eigenvalue weighted by molar-refractivity contribution is 0.0953.